The predicted octanol–water partition coefficient (Wildman–Crippen LogP) is 3.50. The molecule has 24 heavy (non-hydrogen) atoms. The molecule has 6 nitrogen and oxygen atoms in total. The molecule has 1 aliphatic rings. The quantitative estimate of drug-likeness (QED) is 0.584. The van der Waals surface area contributed by atoms with Gasteiger partial charge in [0, 0.05) is 17.3 Å². The van der Waals surface area contributed by atoms with Gasteiger partial charge in [0.25, 0.3) is 0 Å². The van der Waals surface area contributed by atoms with Gasteiger partial charge in [-0.1, -0.05) is 0 Å². The van der Waals surface area contributed by atoms with E-state index in [0.717, 1.165) is 46.1 Å². The number of thiophene rings is 1. The number of hydrazone groups is 1. The topological polar surface area (TPSA) is 76.0 Å². The number of rotatable bonds is 3. The van der Waals surface area contributed by atoms with Crippen LogP contribution in [0.2, 0.25) is 0 Å². The van der Waals surface area contributed by atoms with Crippen LogP contribution in [0.1, 0.15) is 41.7 Å². The number of fused-ring (bicyclic) bond motifs is 3. The second-order valence-corrected chi connectivity index (χ2v) is 6.99. The standard InChI is InChI=1S/C17H18N6S/c1-10(13-9-18-7-8-19-13)22-23-16-15-12-5-3-4-6-14(12)24-17(15)21-11(2)20-16/h7-9H,3-6H2,1-2H3,(H,20,21,23)/b22-10+. The summed E-state index contributed by atoms with van der Waals surface area (Å²) in [6, 6.07) is 0. The van der Waals surface area contributed by atoms with Crippen molar-refractivity contribution in [2.24, 2.45) is 5.10 Å². The van der Waals surface area contributed by atoms with E-state index in [0.29, 0.717) is 0 Å². The molecule has 0 saturated carbocycles. The summed E-state index contributed by atoms with van der Waals surface area (Å²) in [5.41, 5.74) is 6.06. The number of nitrogens with zero attached hydrogens (tertiary/aromatic N) is 5. The summed E-state index contributed by atoms with van der Waals surface area (Å²) in [6.45, 7) is 3.83. The Morgan fingerprint density at radius 1 is 1.21 bits per heavy atom. The Morgan fingerprint density at radius 3 is 2.92 bits per heavy atom. The van der Waals surface area contributed by atoms with Crippen molar-refractivity contribution in [3.8, 4) is 0 Å². The van der Waals surface area contributed by atoms with E-state index in [1.54, 1.807) is 29.9 Å². The summed E-state index contributed by atoms with van der Waals surface area (Å²) in [6.07, 6.45) is 9.76. The van der Waals surface area contributed by atoms with Crippen LogP contribution in [-0.2, 0) is 12.8 Å². The molecule has 0 amide bonds. The molecule has 0 atom stereocenters. The summed E-state index contributed by atoms with van der Waals surface area (Å²) in [4.78, 5) is 20.1. The molecule has 0 saturated heterocycles. The third-order valence-corrected chi connectivity index (χ3v) is 5.38. The van der Waals surface area contributed by atoms with E-state index in [1.807, 2.05) is 13.8 Å². The first kappa shape index (κ1) is 15.1. The second-order valence-electron chi connectivity index (χ2n) is 5.91. The summed E-state index contributed by atoms with van der Waals surface area (Å²) < 4.78 is 0. The smallest absolute Gasteiger partial charge is 0.159 e. The zero-order valence-electron chi connectivity index (χ0n) is 13.7. The first-order valence-corrected chi connectivity index (χ1v) is 8.89. The summed E-state index contributed by atoms with van der Waals surface area (Å²) >= 11 is 1.80. The van der Waals surface area contributed by atoms with Crippen LogP contribution < -0.4 is 5.43 Å². The molecule has 3 aromatic rings. The molecule has 122 valence electrons. The van der Waals surface area contributed by atoms with Crippen molar-refractivity contribution in [1.29, 1.82) is 0 Å². The average Bonchev–Trinajstić information content (AvgIpc) is 2.98. The molecule has 1 N–H and O–H groups in total. The van der Waals surface area contributed by atoms with E-state index in [4.69, 9.17) is 0 Å². The summed E-state index contributed by atoms with van der Waals surface area (Å²) in [5.74, 6) is 1.55. The maximum Gasteiger partial charge on any atom is 0.159 e. The first-order chi connectivity index (χ1) is 11.7. The van der Waals surface area contributed by atoms with Gasteiger partial charge >= 0.3 is 0 Å². The number of anilines is 1. The van der Waals surface area contributed by atoms with Crippen molar-refractivity contribution < 1.29 is 0 Å². The van der Waals surface area contributed by atoms with Crippen LogP contribution in [0.5, 0.6) is 0 Å². The fraction of sp³-hybridized carbons (Fsp3) is 0.353. The van der Waals surface area contributed by atoms with Crippen molar-refractivity contribution in [1.82, 2.24) is 19.9 Å². The molecule has 0 spiro atoms. The number of aromatic nitrogens is 4. The Kier molecular flexibility index (Phi) is 3.93. The van der Waals surface area contributed by atoms with Crippen molar-refractivity contribution >= 4 is 33.1 Å². The lowest BCUT2D eigenvalue weighted by Crippen LogP contribution is -2.05. The molecule has 0 bridgehead atoms. The number of hydrogen-bond acceptors (Lipinski definition) is 7. The Hall–Kier alpha value is -2.41. The van der Waals surface area contributed by atoms with Crippen LogP contribution in [0, 0.1) is 6.92 Å². The van der Waals surface area contributed by atoms with Gasteiger partial charge in [-0.15, -0.1) is 11.3 Å². The van der Waals surface area contributed by atoms with E-state index in [1.165, 1.54) is 23.3 Å². The fourth-order valence-corrected chi connectivity index (χ4v) is 4.33. The van der Waals surface area contributed by atoms with Crippen LogP contribution in [0.25, 0.3) is 10.2 Å². The molecule has 0 aromatic carbocycles. The maximum absolute atomic E-state index is 4.62. The summed E-state index contributed by atoms with van der Waals surface area (Å²) in [5, 5.41) is 5.60. The molecule has 4 rings (SSSR count). The predicted molar refractivity (Wildman–Crippen MR) is 96.7 cm³/mol. The van der Waals surface area contributed by atoms with Gasteiger partial charge in [-0.05, 0) is 45.1 Å². The monoisotopic (exact) mass is 338 g/mol. The van der Waals surface area contributed by atoms with Crippen molar-refractivity contribution in [3.05, 3.63) is 40.5 Å². The Balaban J connectivity index is 1.75. The second kappa shape index (κ2) is 6.24. The van der Waals surface area contributed by atoms with E-state index in [2.05, 4.69) is 30.5 Å². The van der Waals surface area contributed by atoms with Crippen LogP contribution in [0.4, 0.5) is 5.82 Å². The molecule has 3 aromatic heterocycles. The van der Waals surface area contributed by atoms with Gasteiger partial charge < -0.3 is 0 Å². The third-order valence-electron chi connectivity index (χ3n) is 4.19. The fourth-order valence-electron chi connectivity index (χ4n) is 3.03. The van der Waals surface area contributed by atoms with Gasteiger partial charge in [0.15, 0.2) is 5.82 Å². The van der Waals surface area contributed by atoms with E-state index < -0.39 is 0 Å². The van der Waals surface area contributed by atoms with Crippen molar-refractivity contribution in [2.75, 3.05) is 5.43 Å². The molecule has 0 aliphatic heterocycles. The zero-order chi connectivity index (χ0) is 16.5. The lowest BCUT2D eigenvalue weighted by atomic mass is 9.97. The van der Waals surface area contributed by atoms with Gasteiger partial charge in [0.2, 0.25) is 0 Å². The Bertz CT molecular complexity index is 916. The Morgan fingerprint density at radius 2 is 2.08 bits per heavy atom. The molecule has 0 fully saturated rings. The van der Waals surface area contributed by atoms with Crippen LogP contribution >= 0.6 is 11.3 Å². The first-order valence-electron chi connectivity index (χ1n) is 8.08. The lowest BCUT2D eigenvalue weighted by Gasteiger charge is -2.11. The van der Waals surface area contributed by atoms with Gasteiger partial charge in [0.1, 0.15) is 16.3 Å². The third kappa shape index (κ3) is 2.75. The molecule has 1 aliphatic carbocycles. The molecule has 0 unspecified atom stereocenters. The maximum atomic E-state index is 4.62. The number of aryl methyl sites for hydroxylation is 3. The van der Waals surface area contributed by atoms with Crippen LogP contribution in [-0.4, -0.2) is 25.6 Å². The minimum absolute atomic E-state index is 0.749. The highest BCUT2D eigenvalue weighted by atomic mass is 32.1. The highest BCUT2D eigenvalue weighted by Gasteiger charge is 2.20. The lowest BCUT2D eigenvalue weighted by molar-refractivity contribution is 0.700. The average molecular weight is 338 g/mol. The highest BCUT2D eigenvalue weighted by Crippen LogP contribution is 2.38. The van der Waals surface area contributed by atoms with E-state index in [-0.39, 0.29) is 0 Å². The van der Waals surface area contributed by atoms with E-state index in [9.17, 15) is 0 Å². The Labute approximate surface area is 144 Å². The molecule has 0 radical (unpaired) electrons. The van der Waals surface area contributed by atoms with Crippen LogP contribution in [0.3, 0.4) is 0 Å². The molecule has 7 heteroatoms. The molecular weight excluding hydrogens is 320 g/mol. The number of hydrogen-bond donors (Lipinski definition) is 1. The van der Waals surface area contributed by atoms with Gasteiger partial charge in [-0.2, -0.15) is 5.10 Å². The van der Waals surface area contributed by atoms with Crippen LogP contribution in [0.15, 0.2) is 23.7 Å². The van der Waals surface area contributed by atoms with Crippen molar-refractivity contribution in [2.45, 2.75) is 39.5 Å². The SMILES string of the molecule is C/C(=N\Nc1nc(C)nc2sc3c(c12)CCCC3)c1cnccn1. The normalized spacial score (nSPS) is 14.7. The number of nitrogens with one attached hydrogen (secondary N) is 1. The largest absolute Gasteiger partial charge is 0.261 e. The highest BCUT2D eigenvalue weighted by molar-refractivity contribution is 7.19. The summed E-state index contributed by atoms with van der Waals surface area (Å²) in [7, 11) is 0. The minimum Gasteiger partial charge on any atom is -0.261 e. The minimum atomic E-state index is 0.749. The molecular formula is C17H18N6S. The van der Waals surface area contributed by atoms with Crippen molar-refractivity contribution in [3.63, 3.8) is 0 Å². The van der Waals surface area contributed by atoms with E-state index >= 15 is 0 Å². The van der Waals surface area contributed by atoms with Gasteiger partial charge in [-0.25, -0.2) is 9.97 Å². The zero-order valence-corrected chi connectivity index (χ0v) is 14.5. The van der Waals surface area contributed by atoms with Gasteiger partial charge in [0.05, 0.1) is 17.3 Å². The molecule has 3 heterocycles. The van der Waals surface area contributed by atoms with Gasteiger partial charge in [-0.3, -0.25) is 15.4 Å².